The standard InChI is InChI=1S/C30H30N2O3/c33-30(22-31-26-15-7-18-29(20-26)35-23-25-12-5-2-6-13-25)32-27-16-8-17-28(21-27)34-19-9-14-24-10-3-1-4-11-24/h1-8,10-13,15-18,20-21,31H,9,14,19,22-23H2,(H,32,33). The van der Waals surface area contributed by atoms with Crippen molar-refractivity contribution in [2.45, 2.75) is 19.4 Å². The average molecular weight is 467 g/mol. The Kier molecular flexibility index (Phi) is 8.77. The molecule has 5 heteroatoms. The molecule has 0 aliphatic rings. The highest BCUT2D eigenvalue weighted by atomic mass is 16.5. The molecule has 0 heterocycles. The van der Waals surface area contributed by atoms with Crippen molar-refractivity contribution in [2.75, 3.05) is 23.8 Å². The minimum atomic E-state index is -0.137. The summed E-state index contributed by atoms with van der Waals surface area (Å²) in [6, 6.07) is 35.5. The van der Waals surface area contributed by atoms with Gasteiger partial charge in [0.25, 0.3) is 0 Å². The predicted molar refractivity (Wildman–Crippen MR) is 141 cm³/mol. The normalized spacial score (nSPS) is 10.4. The fourth-order valence-electron chi connectivity index (χ4n) is 3.60. The van der Waals surface area contributed by atoms with Crippen LogP contribution < -0.4 is 20.1 Å². The van der Waals surface area contributed by atoms with Gasteiger partial charge in [0.05, 0.1) is 13.2 Å². The molecule has 0 atom stereocenters. The van der Waals surface area contributed by atoms with Gasteiger partial charge in [-0.05, 0) is 48.2 Å². The first-order valence-electron chi connectivity index (χ1n) is 11.8. The van der Waals surface area contributed by atoms with Crippen LogP contribution in [0.3, 0.4) is 0 Å². The molecule has 0 spiro atoms. The Hall–Kier alpha value is -4.25. The minimum absolute atomic E-state index is 0.137. The maximum absolute atomic E-state index is 12.5. The minimum Gasteiger partial charge on any atom is -0.494 e. The van der Waals surface area contributed by atoms with Crippen LogP contribution >= 0.6 is 0 Å². The quantitative estimate of drug-likeness (QED) is 0.240. The number of rotatable bonds is 12. The Morgan fingerprint density at radius 1 is 0.657 bits per heavy atom. The molecule has 0 unspecified atom stereocenters. The second kappa shape index (κ2) is 12.8. The zero-order valence-corrected chi connectivity index (χ0v) is 19.7. The summed E-state index contributed by atoms with van der Waals surface area (Å²) in [6.45, 7) is 1.26. The molecule has 4 aromatic carbocycles. The van der Waals surface area contributed by atoms with Crippen LogP contribution in [0.2, 0.25) is 0 Å². The average Bonchev–Trinajstić information content (AvgIpc) is 2.90. The second-order valence-electron chi connectivity index (χ2n) is 8.17. The Labute approximate surface area is 206 Å². The molecule has 1 amide bonds. The lowest BCUT2D eigenvalue weighted by Gasteiger charge is -2.11. The zero-order chi connectivity index (χ0) is 24.1. The van der Waals surface area contributed by atoms with Crippen LogP contribution in [0.5, 0.6) is 11.5 Å². The van der Waals surface area contributed by atoms with Crippen molar-refractivity contribution >= 4 is 17.3 Å². The van der Waals surface area contributed by atoms with Crippen LogP contribution in [0.25, 0.3) is 0 Å². The van der Waals surface area contributed by atoms with Gasteiger partial charge in [-0.3, -0.25) is 4.79 Å². The number of carbonyl (C=O) groups is 1. The Morgan fingerprint density at radius 3 is 2.03 bits per heavy atom. The summed E-state index contributed by atoms with van der Waals surface area (Å²) in [4.78, 5) is 12.5. The third kappa shape index (κ3) is 8.23. The topological polar surface area (TPSA) is 59.6 Å². The summed E-state index contributed by atoms with van der Waals surface area (Å²) in [6.07, 6.45) is 1.90. The number of anilines is 2. The number of ether oxygens (including phenoxy) is 2. The van der Waals surface area contributed by atoms with E-state index in [1.54, 1.807) is 0 Å². The number of aryl methyl sites for hydroxylation is 1. The van der Waals surface area contributed by atoms with Gasteiger partial charge in [-0.1, -0.05) is 72.8 Å². The lowest BCUT2D eigenvalue weighted by Crippen LogP contribution is -2.21. The molecule has 0 saturated carbocycles. The number of amides is 1. The van der Waals surface area contributed by atoms with E-state index in [9.17, 15) is 4.79 Å². The van der Waals surface area contributed by atoms with E-state index in [2.05, 4.69) is 22.8 Å². The summed E-state index contributed by atoms with van der Waals surface area (Å²) in [5, 5.41) is 6.07. The highest BCUT2D eigenvalue weighted by molar-refractivity contribution is 5.93. The second-order valence-corrected chi connectivity index (χ2v) is 8.17. The van der Waals surface area contributed by atoms with Crippen LogP contribution in [0.1, 0.15) is 17.5 Å². The van der Waals surface area contributed by atoms with E-state index in [-0.39, 0.29) is 12.5 Å². The van der Waals surface area contributed by atoms with Crippen molar-refractivity contribution in [2.24, 2.45) is 0 Å². The van der Waals surface area contributed by atoms with Gasteiger partial charge in [-0.2, -0.15) is 0 Å². The molecule has 0 bridgehead atoms. The third-order valence-electron chi connectivity index (χ3n) is 5.37. The van der Waals surface area contributed by atoms with Crippen molar-refractivity contribution < 1.29 is 14.3 Å². The zero-order valence-electron chi connectivity index (χ0n) is 19.7. The molecule has 2 N–H and O–H groups in total. The molecular weight excluding hydrogens is 436 g/mol. The smallest absolute Gasteiger partial charge is 0.243 e. The first-order chi connectivity index (χ1) is 17.2. The Balaban J connectivity index is 1.20. The number of nitrogens with one attached hydrogen (secondary N) is 2. The fourth-order valence-corrected chi connectivity index (χ4v) is 3.60. The molecule has 0 radical (unpaired) electrons. The molecule has 4 aromatic rings. The van der Waals surface area contributed by atoms with Crippen LogP contribution in [0, 0.1) is 0 Å². The molecule has 5 nitrogen and oxygen atoms in total. The van der Waals surface area contributed by atoms with Crippen molar-refractivity contribution in [3.8, 4) is 11.5 Å². The van der Waals surface area contributed by atoms with Crippen molar-refractivity contribution in [3.05, 3.63) is 120 Å². The van der Waals surface area contributed by atoms with Gasteiger partial charge < -0.3 is 20.1 Å². The molecule has 0 saturated heterocycles. The Morgan fingerprint density at radius 2 is 1.29 bits per heavy atom. The summed E-state index contributed by atoms with van der Waals surface area (Å²) in [5.41, 5.74) is 3.93. The first kappa shape index (κ1) is 23.9. The number of hydrogen-bond donors (Lipinski definition) is 2. The predicted octanol–water partition coefficient (Wildman–Crippen LogP) is 6.33. The van der Waals surface area contributed by atoms with Gasteiger partial charge in [-0.15, -0.1) is 0 Å². The third-order valence-corrected chi connectivity index (χ3v) is 5.37. The largest absolute Gasteiger partial charge is 0.494 e. The summed E-state index contributed by atoms with van der Waals surface area (Å²) in [7, 11) is 0. The van der Waals surface area contributed by atoms with E-state index in [0.717, 1.165) is 35.6 Å². The van der Waals surface area contributed by atoms with Crippen molar-refractivity contribution in [1.29, 1.82) is 0 Å². The number of benzene rings is 4. The highest BCUT2D eigenvalue weighted by Gasteiger charge is 2.05. The van der Waals surface area contributed by atoms with E-state index in [1.807, 2.05) is 97.1 Å². The van der Waals surface area contributed by atoms with Crippen LogP contribution in [0.15, 0.2) is 109 Å². The van der Waals surface area contributed by atoms with Gasteiger partial charge in [0, 0.05) is 23.5 Å². The van der Waals surface area contributed by atoms with Crippen LogP contribution in [-0.2, 0) is 17.8 Å². The SMILES string of the molecule is O=C(CNc1cccc(OCc2ccccc2)c1)Nc1cccc(OCCCc2ccccc2)c1. The lowest BCUT2D eigenvalue weighted by molar-refractivity contribution is -0.114. The number of carbonyl (C=O) groups excluding carboxylic acids is 1. The molecule has 178 valence electrons. The summed E-state index contributed by atoms with van der Waals surface area (Å²) >= 11 is 0. The molecule has 0 fully saturated rings. The van der Waals surface area contributed by atoms with Crippen molar-refractivity contribution in [1.82, 2.24) is 0 Å². The lowest BCUT2D eigenvalue weighted by atomic mass is 10.1. The van der Waals surface area contributed by atoms with Crippen LogP contribution in [0.4, 0.5) is 11.4 Å². The van der Waals surface area contributed by atoms with Gasteiger partial charge in [0.2, 0.25) is 5.91 Å². The summed E-state index contributed by atoms with van der Waals surface area (Å²) in [5.74, 6) is 1.35. The van der Waals surface area contributed by atoms with Crippen LogP contribution in [-0.4, -0.2) is 19.1 Å². The fraction of sp³-hybridized carbons (Fsp3) is 0.167. The molecule has 35 heavy (non-hydrogen) atoms. The molecule has 4 rings (SSSR count). The highest BCUT2D eigenvalue weighted by Crippen LogP contribution is 2.20. The van der Waals surface area contributed by atoms with E-state index < -0.39 is 0 Å². The van der Waals surface area contributed by atoms with Crippen molar-refractivity contribution in [3.63, 3.8) is 0 Å². The number of hydrogen-bond acceptors (Lipinski definition) is 4. The molecule has 0 aliphatic carbocycles. The Bertz CT molecular complexity index is 1200. The van der Waals surface area contributed by atoms with E-state index >= 15 is 0 Å². The maximum atomic E-state index is 12.5. The van der Waals surface area contributed by atoms with Gasteiger partial charge in [-0.25, -0.2) is 0 Å². The van der Waals surface area contributed by atoms with Gasteiger partial charge in [0.1, 0.15) is 18.1 Å². The summed E-state index contributed by atoms with van der Waals surface area (Å²) < 4.78 is 11.7. The molecule has 0 aromatic heterocycles. The van der Waals surface area contributed by atoms with Gasteiger partial charge >= 0.3 is 0 Å². The van der Waals surface area contributed by atoms with E-state index in [4.69, 9.17) is 9.47 Å². The van der Waals surface area contributed by atoms with E-state index in [1.165, 1.54) is 5.56 Å². The van der Waals surface area contributed by atoms with Gasteiger partial charge in [0.15, 0.2) is 0 Å². The monoisotopic (exact) mass is 466 g/mol. The maximum Gasteiger partial charge on any atom is 0.243 e. The molecule has 0 aliphatic heterocycles. The molecular formula is C30H30N2O3. The first-order valence-corrected chi connectivity index (χ1v) is 11.8. The van der Waals surface area contributed by atoms with E-state index in [0.29, 0.717) is 18.9 Å².